The summed E-state index contributed by atoms with van der Waals surface area (Å²) in [6.07, 6.45) is 7.23. The second kappa shape index (κ2) is 6.02. The molecule has 0 aliphatic heterocycles. The molecule has 2 rings (SSSR count). The maximum absolute atomic E-state index is 4.38. The van der Waals surface area contributed by atoms with Gasteiger partial charge in [-0.25, -0.2) is 4.98 Å². The van der Waals surface area contributed by atoms with Crippen molar-refractivity contribution in [1.82, 2.24) is 9.88 Å². The Morgan fingerprint density at radius 2 is 2.06 bits per heavy atom. The summed E-state index contributed by atoms with van der Waals surface area (Å²) in [5.74, 6) is 0.975. The minimum Gasteiger partial charge on any atom is -0.369 e. The molecule has 1 aromatic rings. The van der Waals surface area contributed by atoms with Crippen molar-refractivity contribution in [1.29, 1.82) is 0 Å². The van der Waals surface area contributed by atoms with Crippen molar-refractivity contribution < 1.29 is 0 Å². The van der Waals surface area contributed by atoms with E-state index in [1.165, 1.54) is 25.7 Å². The molecule has 1 heterocycles. The molecule has 1 N–H and O–H groups in total. The van der Waals surface area contributed by atoms with Gasteiger partial charge in [0.2, 0.25) is 0 Å². The van der Waals surface area contributed by atoms with E-state index in [0.29, 0.717) is 5.41 Å². The zero-order chi connectivity index (χ0) is 13.0. The Morgan fingerprint density at radius 3 is 2.61 bits per heavy atom. The van der Waals surface area contributed by atoms with Gasteiger partial charge < -0.3 is 10.2 Å². The lowest BCUT2D eigenvalue weighted by molar-refractivity contribution is 0.215. The van der Waals surface area contributed by atoms with Crippen LogP contribution in [0, 0.1) is 5.41 Å². The molecule has 0 unspecified atom stereocenters. The zero-order valence-corrected chi connectivity index (χ0v) is 12.8. The van der Waals surface area contributed by atoms with E-state index in [1.54, 1.807) is 0 Å². The van der Waals surface area contributed by atoms with Gasteiger partial charge in [-0.05, 0) is 55.0 Å². The van der Waals surface area contributed by atoms with Gasteiger partial charge in [-0.15, -0.1) is 0 Å². The number of hydrogen-bond donors (Lipinski definition) is 1. The predicted molar refractivity (Wildman–Crippen MR) is 79.9 cm³/mol. The molecule has 0 bridgehead atoms. The highest BCUT2D eigenvalue weighted by molar-refractivity contribution is 9.10. The van der Waals surface area contributed by atoms with Crippen LogP contribution < -0.4 is 5.32 Å². The molecule has 1 aliphatic carbocycles. The average Bonchev–Trinajstić information content (AvgIpc) is 2.76. The molecule has 0 amide bonds. The molecule has 1 fully saturated rings. The lowest BCUT2D eigenvalue weighted by atomic mass is 9.85. The van der Waals surface area contributed by atoms with Gasteiger partial charge in [0.25, 0.3) is 0 Å². The third-order valence-corrected chi connectivity index (χ3v) is 4.16. The highest BCUT2D eigenvalue weighted by Gasteiger charge is 2.34. The fourth-order valence-electron chi connectivity index (χ4n) is 2.95. The van der Waals surface area contributed by atoms with Crippen molar-refractivity contribution in [2.75, 3.05) is 32.5 Å². The summed E-state index contributed by atoms with van der Waals surface area (Å²) in [6.45, 7) is 2.19. The first-order valence-corrected chi connectivity index (χ1v) is 7.39. The highest BCUT2D eigenvalue weighted by atomic mass is 79.9. The summed E-state index contributed by atoms with van der Waals surface area (Å²) in [6, 6.07) is 4.06. The second-order valence-electron chi connectivity index (χ2n) is 5.66. The number of nitrogens with one attached hydrogen (secondary N) is 1. The Labute approximate surface area is 118 Å². The second-order valence-corrected chi connectivity index (χ2v) is 6.58. The van der Waals surface area contributed by atoms with Crippen LogP contribution >= 0.6 is 15.9 Å². The average molecular weight is 312 g/mol. The summed E-state index contributed by atoms with van der Waals surface area (Å²) in [5, 5.41) is 3.50. The summed E-state index contributed by atoms with van der Waals surface area (Å²) in [4.78, 5) is 6.69. The number of aromatic nitrogens is 1. The van der Waals surface area contributed by atoms with Crippen LogP contribution in [0.3, 0.4) is 0 Å². The van der Waals surface area contributed by atoms with E-state index in [2.05, 4.69) is 45.2 Å². The predicted octanol–water partition coefficient (Wildman–Crippen LogP) is 3.38. The first kappa shape index (κ1) is 13.8. The minimum atomic E-state index is 0.429. The van der Waals surface area contributed by atoms with Crippen LogP contribution in [0.5, 0.6) is 0 Å². The number of nitrogens with zero attached hydrogens (tertiary/aromatic N) is 2. The van der Waals surface area contributed by atoms with Gasteiger partial charge in [-0.1, -0.05) is 12.8 Å². The first-order valence-electron chi connectivity index (χ1n) is 6.60. The molecule has 0 aromatic carbocycles. The van der Waals surface area contributed by atoms with Crippen LogP contribution in [0.15, 0.2) is 22.8 Å². The molecule has 0 saturated heterocycles. The van der Waals surface area contributed by atoms with Gasteiger partial charge in [0.15, 0.2) is 0 Å². The van der Waals surface area contributed by atoms with Crippen LogP contribution in [-0.2, 0) is 0 Å². The molecular weight excluding hydrogens is 290 g/mol. The molecule has 1 saturated carbocycles. The molecule has 1 aliphatic rings. The Kier molecular flexibility index (Phi) is 4.62. The van der Waals surface area contributed by atoms with Crippen molar-refractivity contribution in [2.24, 2.45) is 5.41 Å². The standard InChI is InChI=1S/C14H22BrN3/c1-18(2)11-14(7-3-4-8-14)10-17-13-6-5-12(15)9-16-13/h5-6,9H,3-4,7-8,10-11H2,1-2H3,(H,16,17). The van der Waals surface area contributed by atoms with Crippen molar-refractivity contribution in [3.8, 4) is 0 Å². The van der Waals surface area contributed by atoms with E-state index in [4.69, 9.17) is 0 Å². The minimum absolute atomic E-state index is 0.429. The molecule has 18 heavy (non-hydrogen) atoms. The number of pyridine rings is 1. The van der Waals surface area contributed by atoms with Gasteiger partial charge in [-0.3, -0.25) is 0 Å². The SMILES string of the molecule is CN(C)CC1(CNc2ccc(Br)cn2)CCCC1. The lowest BCUT2D eigenvalue weighted by Gasteiger charge is -2.32. The molecule has 0 spiro atoms. The maximum atomic E-state index is 4.38. The van der Waals surface area contributed by atoms with Gasteiger partial charge in [0, 0.05) is 29.2 Å². The summed E-state index contributed by atoms with van der Waals surface area (Å²) >= 11 is 3.41. The quantitative estimate of drug-likeness (QED) is 0.903. The fraction of sp³-hybridized carbons (Fsp3) is 0.643. The Balaban J connectivity index is 1.95. The van der Waals surface area contributed by atoms with E-state index < -0.39 is 0 Å². The van der Waals surface area contributed by atoms with Crippen LogP contribution in [0.25, 0.3) is 0 Å². The normalized spacial score (nSPS) is 18.2. The maximum Gasteiger partial charge on any atom is 0.125 e. The van der Waals surface area contributed by atoms with Crippen LogP contribution in [0.2, 0.25) is 0 Å². The highest BCUT2D eigenvalue weighted by Crippen LogP contribution is 2.38. The van der Waals surface area contributed by atoms with Crippen molar-refractivity contribution >= 4 is 21.7 Å². The Morgan fingerprint density at radius 1 is 1.33 bits per heavy atom. The molecule has 0 atom stereocenters. The first-order chi connectivity index (χ1) is 8.60. The monoisotopic (exact) mass is 311 g/mol. The zero-order valence-electron chi connectivity index (χ0n) is 11.2. The topological polar surface area (TPSA) is 28.2 Å². The van der Waals surface area contributed by atoms with Gasteiger partial charge in [0.1, 0.15) is 5.82 Å². The summed E-state index contributed by atoms with van der Waals surface area (Å²) in [5.41, 5.74) is 0.429. The summed E-state index contributed by atoms with van der Waals surface area (Å²) < 4.78 is 1.02. The van der Waals surface area contributed by atoms with Gasteiger partial charge in [-0.2, -0.15) is 0 Å². The molecule has 3 nitrogen and oxygen atoms in total. The van der Waals surface area contributed by atoms with Crippen molar-refractivity contribution in [2.45, 2.75) is 25.7 Å². The van der Waals surface area contributed by atoms with E-state index in [1.807, 2.05) is 18.3 Å². The van der Waals surface area contributed by atoms with Crippen LogP contribution in [-0.4, -0.2) is 37.1 Å². The van der Waals surface area contributed by atoms with Crippen LogP contribution in [0.1, 0.15) is 25.7 Å². The third kappa shape index (κ3) is 3.69. The van der Waals surface area contributed by atoms with Crippen molar-refractivity contribution in [3.63, 3.8) is 0 Å². The Hall–Kier alpha value is -0.610. The van der Waals surface area contributed by atoms with E-state index >= 15 is 0 Å². The number of anilines is 1. The number of hydrogen-bond acceptors (Lipinski definition) is 3. The Bertz CT molecular complexity index is 369. The third-order valence-electron chi connectivity index (χ3n) is 3.69. The molecule has 1 aromatic heterocycles. The number of halogens is 1. The summed E-state index contributed by atoms with van der Waals surface area (Å²) in [7, 11) is 4.33. The molecular formula is C14H22BrN3. The smallest absolute Gasteiger partial charge is 0.125 e. The molecule has 4 heteroatoms. The van der Waals surface area contributed by atoms with Gasteiger partial charge in [0.05, 0.1) is 0 Å². The van der Waals surface area contributed by atoms with Crippen LogP contribution in [0.4, 0.5) is 5.82 Å². The van der Waals surface area contributed by atoms with E-state index in [9.17, 15) is 0 Å². The van der Waals surface area contributed by atoms with Gasteiger partial charge >= 0.3 is 0 Å². The fourth-order valence-corrected chi connectivity index (χ4v) is 3.18. The molecule has 100 valence electrons. The van der Waals surface area contributed by atoms with Crippen molar-refractivity contribution in [3.05, 3.63) is 22.8 Å². The van der Waals surface area contributed by atoms with E-state index in [0.717, 1.165) is 23.4 Å². The van der Waals surface area contributed by atoms with E-state index in [-0.39, 0.29) is 0 Å². The molecule has 0 radical (unpaired) electrons. The number of rotatable bonds is 5. The lowest BCUT2D eigenvalue weighted by Crippen LogP contribution is -2.37. The largest absolute Gasteiger partial charge is 0.369 e.